The number of hydrogen-bond donors (Lipinski definition) is 2. The van der Waals surface area contributed by atoms with Gasteiger partial charge in [-0.05, 0) is 19.4 Å². The van der Waals surface area contributed by atoms with Crippen LogP contribution in [0.3, 0.4) is 0 Å². The average Bonchev–Trinajstić information content (AvgIpc) is 2.44. The van der Waals surface area contributed by atoms with Crippen LogP contribution in [0.4, 0.5) is 5.82 Å². The van der Waals surface area contributed by atoms with Crippen LogP contribution in [0.1, 0.15) is 18.1 Å². The predicted octanol–water partition coefficient (Wildman–Crippen LogP) is 2.23. The van der Waals surface area contributed by atoms with Gasteiger partial charge in [0.15, 0.2) is 6.29 Å². The lowest BCUT2D eigenvalue weighted by molar-refractivity contribution is -0.109. The molecule has 0 saturated carbocycles. The zero-order valence-electron chi connectivity index (χ0n) is 12.1. The molecule has 112 valence electrons. The molecule has 6 nitrogen and oxygen atoms in total. The molecule has 2 N–H and O–H groups in total. The first-order chi connectivity index (χ1) is 9.51. The van der Waals surface area contributed by atoms with Crippen molar-refractivity contribution in [3.05, 3.63) is 17.2 Å². The third-order valence-electron chi connectivity index (χ3n) is 2.24. The van der Waals surface area contributed by atoms with Crippen LogP contribution in [0.5, 0.6) is 5.88 Å². The SMILES string of the molecule is CCOC.CNc1nc(OCC=O)cc(C)c1C(=N)Cl. The topological polar surface area (TPSA) is 84.3 Å². The number of carbonyl (C=O) groups excluding carboxylic acids is 1. The van der Waals surface area contributed by atoms with Gasteiger partial charge in [0.2, 0.25) is 5.88 Å². The predicted molar refractivity (Wildman–Crippen MR) is 80.3 cm³/mol. The molecular weight excluding hydrogens is 282 g/mol. The van der Waals surface area contributed by atoms with Gasteiger partial charge in [-0.1, -0.05) is 11.6 Å². The van der Waals surface area contributed by atoms with Crippen LogP contribution < -0.4 is 10.1 Å². The second-order valence-electron chi connectivity index (χ2n) is 3.62. The Morgan fingerprint density at radius 2 is 2.20 bits per heavy atom. The summed E-state index contributed by atoms with van der Waals surface area (Å²) >= 11 is 5.66. The minimum absolute atomic E-state index is 0.0484. The van der Waals surface area contributed by atoms with Crippen LogP contribution in [-0.2, 0) is 9.53 Å². The number of nitrogens with one attached hydrogen (secondary N) is 2. The molecule has 0 fully saturated rings. The number of halogens is 1. The number of methoxy groups -OCH3 is 1. The van der Waals surface area contributed by atoms with Gasteiger partial charge in [-0.25, -0.2) is 0 Å². The standard InChI is InChI=1S/C10H12ClN3O2.C3H8O/c1-6-5-7(16-4-3-15)14-10(13-2)8(6)9(11)12;1-3-4-2/h3,5,12H,4H2,1-2H3,(H,13,14);3H2,1-2H3. The van der Waals surface area contributed by atoms with Crippen molar-refractivity contribution in [2.75, 3.05) is 32.7 Å². The Balaban J connectivity index is 0.000000796. The monoisotopic (exact) mass is 301 g/mol. The number of anilines is 1. The lowest BCUT2D eigenvalue weighted by Gasteiger charge is -2.11. The number of pyridine rings is 1. The van der Waals surface area contributed by atoms with Gasteiger partial charge in [0.05, 0.1) is 5.56 Å². The van der Waals surface area contributed by atoms with E-state index in [0.29, 0.717) is 23.5 Å². The normalized spacial score (nSPS) is 9.25. The molecule has 0 aromatic carbocycles. The first-order valence-corrected chi connectivity index (χ1v) is 6.38. The van der Waals surface area contributed by atoms with Gasteiger partial charge in [-0.15, -0.1) is 0 Å². The Kier molecular flexibility index (Phi) is 9.32. The van der Waals surface area contributed by atoms with E-state index in [0.717, 1.165) is 12.2 Å². The van der Waals surface area contributed by atoms with Crippen LogP contribution >= 0.6 is 11.6 Å². The molecule has 1 aromatic rings. The van der Waals surface area contributed by atoms with Crippen molar-refractivity contribution in [1.82, 2.24) is 4.98 Å². The van der Waals surface area contributed by atoms with Gasteiger partial charge in [-0.2, -0.15) is 4.98 Å². The van der Waals surface area contributed by atoms with Crippen molar-refractivity contribution in [2.24, 2.45) is 0 Å². The fourth-order valence-electron chi connectivity index (χ4n) is 1.29. The zero-order chi connectivity index (χ0) is 15.5. The highest BCUT2D eigenvalue weighted by Crippen LogP contribution is 2.23. The molecule has 1 heterocycles. The molecule has 0 spiro atoms. The van der Waals surface area contributed by atoms with Crippen molar-refractivity contribution in [3.63, 3.8) is 0 Å². The van der Waals surface area contributed by atoms with Crippen LogP contribution in [-0.4, -0.2) is 43.8 Å². The Labute approximate surface area is 124 Å². The van der Waals surface area contributed by atoms with Crippen LogP contribution in [0.2, 0.25) is 0 Å². The molecule has 0 atom stereocenters. The minimum Gasteiger partial charge on any atom is -0.470 e. The fraction of sp³-hybridized carbons (Fsp3) is 0.462. The summed E-state index contributed by atoms with van der Waals surface area (Å²) in [5, 5.41) is 10.2. The highest BCUT2D eigenvalue weighted by Gasteiger charge is 2.12. The number of aryl methyl sites for hydroxylation is 1. The maximum Gasteiger partial charge on any atom is 0.215 e. The summed E-state index contributed by atoms with van der Waals surface area (Å²) in [5.41, 5.74) is 1.29. The summed E-state index contributed by atoms with van der Waals surface area (Å²) in [6.45, 7) is 4.52. The molecule has 1 aromatic heterocycles. The van der Waals surface area contributed by atoms with Crippen molar-refractivity contribution in [2.45, 2.75) is 13.8 Å². The number of hydrogen-bond acceptors (Lipinski definition) is 6. The van der Waals surface area contributed by atoms with E-state index < -0.39 is 0 Å². The highest BCUT2D eigenvalue weighted by atomic mass is 35.5. The van der Waals surface area contributed by atoms with Gasteiger partial charge in [0, 0.05) is 26.8 Å². The highest BCUT2D eigenvalue weighted by molar-refractivity contribution is 6.69. The van der Waals surface area contributed by atoms with Crippen LogP contribution in [0.15, 0.2) is 6.07 Å². The molecule has 1 rings (SSSR count). The Morgan fingerprint density at radius 1 is 1.60 bits per heavy atom. The molecule has 0 aliphatic heterocycles. The van der Waals surface area contributed by atoms with E-state index in [9.17, 15) is 4.79 Å². The molecule has 0 bridgehead atoms. The maximum absolute atomic E-state index is 10.2. The van der Waals surface area contributed by atoms with Crippen molar-refractivity contribution in [1.29, 1.82) is 5.41 Å². The second kappa shape index (κ2) is 10.2. The van der Waals surface area contributed by atoms with Crippen molar-refractivity contribution >= 4 is 28.9 Å². The number of rotatable bonds is 6. The molecule has 20 heavy (non-hydrogen) atoms. The summed E-state index contributed by atoms with van der Waals surface area (Å²) in [7, 11) is 3.36. The Hall–Kier alpha value is -1.66. The molecule has 0 unspecified atom stereocenters. The Morgan fingerprint density at radius 3 is 2.60 bits per heavy atom. The number of aromatic nitrogens is 1. The summed E-state index contributed by atoms with van der Waals surface area (Å²) in [4.78, 5) is 14.3. The minimum atomic E-state index is -0.0868. The van der Waals surface area contributed by atoms with Crippen LogP contribution in [0.25, 0.3) is 0 Å². The molecular formula is C13H20ClN3O3. The molecule has 0 aliphatic carbocycles. The summed E-state index contributed by atoms with van der Waals surface area (Å²) in [6.07, 6.45) is 0.646. The van der Waals surface area contributed by atoms with Crippen LogP contribution in [0, 0.1) is 12.3 Å². The quantitative estimate of drug-likeness (QED) is 0.622. The van der Waals surface area contributed by atoms with Gasteiger partial charge in [0.1, 0.15) is 17.6 Å². The largest absolute Gasteiger partial charge is 0.470 e. The van der Waals surface area contributed by atoms with Gasteiger partial charge in [-0.3, -0.25) is 10.2 Å². The smallest absolute Gasteiger partial charge is 0.215 e. The summed E-state index contributed by atoms with van der Waals surface area (Å²) in [5.74, 6) is 0.788. The van der Waals surface area contributed by atoms with E-state index in [2.05, 4.69) is 15.0 Å². The van der Waals surface area contributed by atoms with E-state index in [1.165, 1.54) is 0 Å². The number of aldehydes is 1. The van der Waals surface area contributed by atoms with Gasteiger partial charge >= 0.3 is 0 Å². The second-order valence-corrected chi connectivity index (χ2v) is 4.00. The number of nitrogens with zero attached hydrogens (tertiary/aromatic N) is 1. The third kappa shape index (κ3) is 5.99. The van der Waals surface area contributed by atoms with Crippen molar-refractivity contribution < 1.29 is 14.3 Å². The number of carbonyl (C=O) groups is 1. The first-order valence-electron chi connectivity index (χ1n) is 6.00. The van der Waals surface area contributed by atoms with E-state index in [1.54, 1.807) is 27.1 Å². The molecule has 0 radical (unpaired) electrons. The summed E-state index contributed by atoms with van der Waals surface area (Å²) < 4.78 is 9.62. The average molecular weight is 302 g/mol. The lowest BCUT2D eigenvalue weighted by atomic mass is 10.1. The molecule has 0 amide bonds. The first kappa shape index (κ1) is 18.3. The van der Waals surface area contributed by atoms with E-state index >= 15 is 0 Å². The van der Waals surface area contributed by atoms with E-state index in [-0.39, 0.29) is 11.8 Å². The molecule has 7 heteroatoms. The maximum atomic E-state index is 10.2. The Bertz CT molecular complexity index is 451. The van der Waals surface area contributed by atoms with Gasteiger partial charge in [0.25, 0.3) is 0 Å². The fourth-order valence-corrected chi connectivity index (χ4v) is 1.53. The van der Waals surface area contributed by atoms with E-state index in [1.807, 2.05) is 6.92 Å². The summed E-state index contributed by atoms with van der Waals surface area (Å²) in [6, 6.07) is 1.64. The zero-order valence-corrected chi connectivity index (χ0v) is 12.9. The molecule has 0 saturated heterocycles. The third-order valence-corrected chi connectivity index (χ3v) is 2.43. The number of ether oxygens (including phenoxy) is 2. The van der Waals surface area contributed by atoms with E-state index in [4.69, 9.17) is 21.7 Å². The van der Waals surface area contributed by atoms with Gasteiger partial charge < -0.3 is 14.8 Å². The molecule has 0 aliphatic rings. The van der Waals surface area contributed by atoms with Crippen molar-refractivity contribution in [3.8, 4) is 5.88 Å². The lowest BCUT2D eigenvalue weighted by Crippen LogP contribution is -2.07.